The number of ether oxygens (including phenoxy) is 2. The van der Waals surface area contributed by atoms with Gasteiger partial charge in [0.15, 0.2) is 11.5 Å². The van der Waals surface area contributed by atoms with Gasteiger partial charge in [0.2, 0.25) is 6.79 Å². The molecule has 0 spiro atoms. The highest BCUT2D eigenvalue weighted by molar-refractivity contribution is 6.05. The van der Waals surface area contributed by atoms with Gasteiger partial charge in [-0.1, -0.05) is 0 Å². The Morgan fingerprint density at radius 3 is 2.43 bits per heavy atom. The Morgan fingerprint density at radius 2 is 1.71 bits per heavy atom. The maximum atomic E-state index is 12.2. The summed E-state index contributed by atoms with van der Waals surface area (Å²) in [5.41, 5.74) is 1.52. The zero-order valence-electron chi connectivity index (χ0n) is 10.8. The van der Waals surface area contributed by atoms with E-state index in [1.807, 2.05) is 0 Å². The molecule has 2 heterocycles. The number of nitrogens with one attached hydrogen (secondary N) is 1. The molecule has 21 heavy (non-hydrogen) atoms. The predicted octanol–water partition coefficient (Wildman–Crippen LogP) is -0.993. The average molecular weight is 291 g/mol. The normalized spacial score (nSPS) is 32.9. The van der Waals surface area contributed by atoms with E-state index in [2.05, 4.69) is 5.32 Å². The summed E-state index contributed by atoms with van der Waals surface area (Å²) in [6.07, 6.45) is -2.36. The van der Waals surface area contributed by atoms with Crippen LogP contribution < -0.4 is 14.8 Å². The van der Waals surface area contributed by atoms with Crippen LogP contribution in [0.2, 0.25) is 0 Å². The fourth-order valence-electron chi connectivity index (χ4n) is 2.98. The summed E-state index contributed by atoms with van der Waals surface area (Å²) in [4.78, 5) is 12.2. The van der Waals surface area contributed by atoms with Crippen LogP contribution in [0.4, 0.5) is 0 Å². The molecule has 0 fully saturated rings. The van der Waals surface area contributed by atoms with Gasteiger partial charge in [-0.3, -0.25) is 4.79 Å². The number of carbonyl (C=O) groups excluding carboxylic acids is 1. The first-order chi connectivity index (χ1) is 10.1. The summed E-state index contributed by atoms with van der Waals surface area (Å²) < 4.78 is 10.5. The fraction of sp³-hybridized carbons (Fsp3) is 0.357. The van der Waals surface area contributed by atoms with Crippen molar-refractivity contribution in [2.24, 2.45) is 0 Å². The highest BCUT2D eigenvalue weighted by atomic mass is 16.7. The molecular weight excluding hydrogens is 278 g/mol. The fourth-order valence-corrected chi connectivity index (χ4v) is 2.98. The molecule has 3 aliphatic rings. The number of fused-ring (bicyclic) bond motifs is 4. The molecule has 0 bridgehead atoms. The van der Waals surface area contributed by atoms with Crippen molar-refractivity contribution in [2.45, 2.75) is 24.4 Å². The minimum Gasteiger partial charge on any atom is -0.454 e. The van der Waals surface area contributed by atoms with Crippen LogP contribution in [0.15, 0.2) is 18.2 Å². The van der Waals surface area contributed by atoms with Gasteiger partial charge in [0.25, 0.3) is 5.91 Å². The van der Waals surface area contributed by atoms with E-state index >= 15 is 0 Å². The van der Waals surface area contributed by atoms with Crippen LogP contribution in [0, 0.1) is 0 Å². The largest absolute Gasteiger partial charge is 0.454 e. The SMILES string of the molecule is O=C1N[C@@H]2C(=C[C@H](O)[C@H](O)[C@@H]2O)c2cc3c(cc21)OCO3. The van der Waals surface area contributed by atoms with Crippen LogP contribution in [-0.4, -0.2) is 52.4 Å². The van der Waals surface area contributed by atoms with Gasteiger partial charge in [-0.25, -0.2) is 0 Å². The molecule has 1 amide bonds. The molecule has 7 heteroatoms. The Hall–Kier alpha value is -2.09. The third-order valence-electron chi connectivity index (χ3n) is 4.08. The molecule has 7 nitrogen and oxygen atoms in total. The first-order valence-electron chi connectivity index (χ1n) is 6.57. The predicted molar refractivity (Wildman–Crippen MR) is 69.8 cm³/mol. The van der Waals surface area contributed by atoms with Crippen molar-refractivity contribution in [1.82, 2.24) is 5.32 Å². The number of carbonyl (C=O) groups is 1. The lowest BCUT2D eigenvalue weighted by Crippen LogP contribution is -2.57. The molecule has 110 valence electrons. The Balaban J connectivity index is 1.90. The van der Waals surface area contributed by atoms with E-state index in [0.717, 1.165) is 0 Å². The number of hydrogen-bond donors (Lipinski definition) is 4. The van der Waals surface area contributed by atoms with E-state index in [1.165, 1.54) is 6.08 Å². The zero-order valence-corrected chi connectivity index (χ0v) is 10.8. The molecule has 2 aliphatic heterocycles. The second-order valence-corrected chi connectivity index (χ2v) is 5.30. The van der Waals surface area contributed by atoms with Crippen LogP contribution in [-0.2, 0) is 0 Å². The van der Waals surface area contributed by atoms with Crippen molar-refractivity contribution in [3.05, 3.63) is 29.3 Å². The number of amides is 1. The van der Waals surface area contributed by atoms with Gasteiger partial charge in [-0.2, -0.15) is 0 Å². The molecule has 4 atom stereocenters. The van der Waals surface area contributed by atoms with Crippen molar-refractivity contribution in [2.75, 3.05) is 6.79 Å². The Labute approximate surface area is 119 Å². The van der Waals surface area contributed by atoms with Gasteiger partial charge < -0.3 is 30.1 Å². The van der Waals surface area contributed by atoms with Crippen molar-refractivity contribution < 1.29 is 29.6 Å². The van der Waals surface area contributed by atoms with Gasteiger partial charge >= 0.3 is 0 Å². The Bertz CT molecular complexity index is 670. The third kappa shape index (κ3) is 1.68. The van der Waals surface area contributed by atoms with Crippen molar-refractivity contribution in [1.29, 1.82) is 0 Å². The highest BCUT2D eigenvalue weighted by Gasteiger charge is 2.43. The summed E-state index contributed by atoms with van der Waals surface area (Å²) in [7, 11) is 0. The average Bonchev–Trinajstić information content (AvgIpc) is 2.92. The smallest absolute Gasteiger partial charge is 0.252 e. The molecule has 0 unspecified atom stereocenters. The lowest BCUT2D eigenvalue weighted by atomic mass is 9.79. The molecular formula is C14H13NO6. The van der Waals surface area contributed by atoms with Gasteiger partial charge in [-0.05, 0) is 29.3 Å². The van der Waals surface area contributed by atoms with Crippen LogP contribution in [0.5, 0.6) is 11.5 Å². The maximum absolute atomic E-state index is 12.2. The molecule has 1 aliphatic carbocycles. The Kier molecular flexibility index (Phi) is 2.53. The molecule has 1 aromatic carbocycles. The molecule has 4 rings (SSSR count). The number of aliphatic hydroxyl groups is 3. The summed E-state index contributed by atoms with van der Waals surface area (Å²) in [6.45, 7) is 0.0896. The van der Waals surface area contributed by atoms with E-state index in [4.69, 9.17) is 9.47 Å². The summed E-state index contributed by atoms with van der Waals surface area (Å²) in [5.74, 6) is 0.631. The van der Waals surface area contributed by atoms with E-state index in [0.29, 0.717) is 28.2 Å². The van der Waals surface area contributed by atoms with Crippen molar-refractivity contribution in [3.8, 4) is 11.5 Å². The third-order valence-corrected chi connectivity index (χ3v) is 4.08. The molecule has 0 radical (unpaired) electrons. The van der Waals surface area contributed by atoms with E-state index in [1.54, 1.807) is 12.1 Å². The zero-order chi connectivity index (χ0) is 14.7. The maximum Gasteiger partial charge on any atom is 0.252 e. The second-order valence-electron chi connectivity index (χ2n) is 5.30. The number of hydrogen-bond acceptors (Lipinski definition) is 6. The summed E-state index contributed by atoms with van der Waals surface area (Å²) in [5, 5.41) is 32.3. The van der Waals surface area contributed by atoms with E-state index in [-0.39, 0.29) is 12.7 Å². The number of benzene rings is 1. The van der Waals surface area contributed by atoms with E-state index in [9.17, 15) is 20.1 Å². The highest BCUT2D eigenvalue weighted by Crippen LogP contribution is 2.41. The van der Waals surface area contributed by atoms with Crippen LogP contribution >= 0.6 is 0 Å². The van der Waals surface area contributed by atoms with Crippen molar-refractivity contribution >= 4 is 11.5 Å². The minimum atomic E-state index is -1.34. The van der Waals surface area contributed by atoms with Crippen LogP contribution in [0.25, 0.3) is 5.57 Å². The molecule has 0 aromatic heterocycles. The van der Waals surface area contributed by atoms with Crippen molar-refractivity contribution in [3.63, 3.8) is 0 Å². The lowest BCUT2D eigenvalue weighted by Gasteiger charge is -2.39. The number of aliphatic hydroxyl groups excluding tert-OH is 3. The molecule has 0 saturated carbocycles. The monoisotopic (exact) mass is 291 g/mol. The van der Waals surface area contributed by atoms with Crippen LogP contribution in [0.1, 0.15) is 15.9 Å². The lowest BCUT2D eigenvalue weighted by molar-refractivity contribution is -0.0534. The van der Waals surface area contributed by atoms with Gasteiger partial charge in [0.1, 0.15) is 18.3 Å². The first-order valence-corrected chi connectivity index (χ1v) is 6.57. The van der Waals surface area contributed by atoms with Gasteiger partial charge in [0, 0.05) is 0 Å². The minimum absolute atomic E-state index is 0.0896. The van der Waals surface area contributed by atoms with E-state index < -0.39 is 24.4 Å². The topological polar surface area (TPSA) is 108 Å². The quantitative estimate of drug-likeness (QED) is 0.489. The van der Waals surface area contributed by atoms with Gasteiger partial charge in [0.05, 0.1) is 11.6 Å². The Morgan fingerprint density at radius 1 is 1.05 bits per heavy atom. The molecule has 4 N–H and O–H groups in total. The molecule has 0 saturated heterocycles. The summed E-state index contributed by atoms with van der Waals surface area (Å²) >= 11 is 0. The molecule has 1 aromatic rings. The standard InChI is InChI=1S/C14H13NO6/c16-8-1-6-5-2-9-10(21-4-20-9)3-7(5)14(19)15-11(6)13(18)12(8)17/h1-3,8,11-13,16-18H,4H2,(H,15,19)/t8-,11+,12-,13+/m0/s1. The summed E-state index contributed by atoms with van der Waals surface area (Å²) in [6, 6.07) is 2.48. The van der Waals surface area contributed by atoms with Gasteiger partial charge in [-0.15, -0.1) is 0 Å². The number of rotatable bonds is 0. The van der Waals surface area contributed by atoms with Crippen LogP contribution in [0.3, 0.4) is 0 Å². The second kappa shape index (κ2) is 4.20. The first kappa shape index (κ1) is 12.6.